The van der Waals surface area contributed by atoms with Gasteiger partial charge in [-0.3, -0.25) is 0 Å². The standard InChI is InChI=1S/C18H21NO6S/c1-13(11-14-3-5-16(6-4-14)25-12-18(20)21)19-26(22,23)17-9-7-15(24-2)8-10-17/h3-10,13,19H,11-12H2,1-2H3,(H,20,21). The lowest BCUT2D eigenvalue weighted by molar-refractivity contribution is -0.139. The zero-order valence-corrected chi connectivity index (χ0v) is 15.3. The fraction of sp³-hybridized carbons (Fsp3) is 0.278. The van der Waals surface area contributed by atoms with Crippen LogP contribution in [0.3, 0.4) is 0 Å². The number of carboxylic acids is 1. The van der Waals surface area contributed by atoms with Crippen molar-refractivity contribution in [3.8, 4) is 11.5 Å². The Hall–Kier alpha value is -2.58. The zero-order chi connectivity index (χ0) is 19.2. The highest BCUT2D eigenvalue weighted by atomic mass is 32.2. The number of methoxy groups -OCH3 is 1. The quantitative estimate of drug-likeness (QED) is 0.692. The van der Waals surface area contributed by atoms with Crippen molar-refractivity contribution < 1.29 is 27.8 Å². The SMILES string of the molecule is COc1ccc(S(=O)(=O)NC(C)Cc2ccc(OCC(=O)O)cc2)cc1. The molecular weight excluding hydrogens is 358 g/mol. The molecule has 2 aromatic rings. The molecule has 0 spiro atoms. The maximum Gasteiger partial charge on any atom is 0.341 e. The minimum Gasteiger partial charge on any atom is -0.497 e. The average Bonchev–Trinajstić information content (AvgIpc) is 2.60. The molecule has 2 aromatic carbocycles. The molecule has 0 amide bonds. The first-order valence-electron chi connectivity index (χ1n) is 7.90. The van der Waals surface area contributed by atoms with Gasteiger partial charge in [0.1, 0.15) is 11.5 Å². The molecule has 2 N–H and O–H groups in total. The van der Waals surface area contributed by atoms with Crippen molar-refractivity contribution in [1.82, 2.24) is 4.72 Å². The molecule has 2 rings (SSSR count). The molecule has 0 aliphatic heterocycles. The number of rotatable bonds is 9. The summed E-state index contributed by atoms with van der Waals surface area (Å²) in [6.07, 6.45) is 0.481. The van der Waals surface area contributed by atoms with Gasteiger partial charge in [-0.1, -0.05) is 12.1 Å². The number of aliphatic carboxylic acids is 1. The van der Waals surface area contributed by atoms with E-state index in [0.717, 1.165) is 5.56 Å². The van der Waals surface area contributed by atoms with E-state index in [9.17, 15) is 13.2 Å². The number of ether oxygens (including phenoxy) is 2. The Bertz CT molecular complexity index is 831. The van der Waals surface area contributed by atoms with Crippen LogP contribution < -0.4 is 14.2 Å². The molecule has 0 aliphatic carbocycles. The Morgan fingerprint density at radius 1 is 1.08 bits per heavy atom. The van der Waals surface area contributed by atoms with E-state index in [4.69, 9.17) is 14.6 Å². The van der Waals surface area contributed by atoms with E-state index in [-0.39, 0.29) is 10.9 Å². The van der Waals surface area contributed by atoms with E-state index < -0.39 is 22.6 Å². The maximum atomic E-state index is 12.4. The van der Waals surface area contributed by atoms with Gasteiger partial charge in [0.25, 0.3) is 0 Å². The van der Waals surface area contributed by atoms with Crippen molar-refractivity contribution in [2.75, 3.05) is 13.7 Å². The predicted octanol–water partition coefficient (Wildman–Crippen LogP) is 2.07. The van der Waals surface area contributed by atoms with Crippen LogP contribution in [0.1, 0.15) is 12.5 Å². The van der Waals surface area contributed by atoms with Crippen molar-refractivity contribution in [2.24, 2.45) is 0 Å². The lowest BCUT2D eigenvalue weighted by atomic mass is 10.1. The van der Waals surface area contributed by atoms with Gasteiger partial charge in [0.05, 0.1) is 12.0 Å². The minimum absolute atomic E-state index is 0.169. The molecule has 0 saturated heterocycles. The largest absolute Gasteiger partial charge is 0.497 e. The van der Waals surface area contributed by atoms with Crippen molar-refractivity contribution in [3.63, 3.8) is 0 Å². The molecule has 0 bridgehead atoms. The van der Waals surface area contributed by atoms with Crippen molar-refractivity contribution in [2.45, 2.75) is 24.3 Å². The van der Waals surface area contributed by atoms with E-state index in [0.29, 0.717) is 17.9 Å². The Morgan fingerprint density at radius 3 is 2.19 bits per heavy atom. The van der Waals surface area contributed by atoms with Gasteiger partial charge in [0, 0.05) is 6.04 Å². The van der Waals surface area contributed by atoms with Crippen LogP contribution in [-0.4, -0.2) is 39.3 Å². The first-order chi connectivity index (χ1) is 12.3. The number of carbonyl (C=O) groups is 1. The van der Waals surface area contributed by atoms with Crippen LogP contribution in [0.2, 0.25) is 0 Å². The summed E-state index contributed by atoms with van der Waals surface area (Å²) >= 11 is 0. The van der Waals surface area contributed by atoms with Crippen molar-refractivity contribution in [3.05, 3.63) is 54.1 Å². The smallest absolute Gasteiger partial charge is 0.341 e. The van der Waals surface area contributed by atoms with Gasteiger partial charge in [-0.15, -0.1) is 0 Å². The Kier molecular flexibility index (Phi) is 6.59. The van der Waals surface area contributed by atoms with Crippen LogP contribution in [0.5, 0.6) is 11.5 Å². The number of benzene rings is 2. The molecule has 8 heteroatoms. The second kappa shape index (κ2) is 8.68. The number of sulfonamides is 1. The third-order valence-electron chi connectivity index (χ3n) is 3.55. The number of hydrogen-bond acceptors (Lipinski definition) is 5. The summed E-state index contributed by atoms with van der Waals surface area (Å²) in [7, 11) is -2.11. The first-order valence-corrected chi connectivity index (χ1v) is 9.38. The van der Waals surface area contributed by atoms with E-state index in [1.165, 1.54) is 19.2 Å². The summed E-state index contributed by atoms with van der Waals surface area (Å²) in [4.78, 5) is 10.6. The highest BCUT2D eigenvalue weighted by Gasteiger charge is 2.17. The van der Waals surface area contributed by atoms with Crippen molar-refractivity contribution in [1.29, 1.82) is 0 Å². The summed E-state index contributed by atoms with van der Waals surface area (Å²) < 4.78 is 37.5. The highest BCUT2D eigenvalue weighted by molar-refractivity contribution is 7.89. The Morgan fingerprint density at radius 2 is 1.65 bits per heavy atom. The molecule has 1 unspecified atom stereocenters. The molecule has 140 valence electrons. The van der Waals surface area contributed by atoms with Crippen LogP contribution in [0.4, 0.5) is 0 Å². The second-order valence-electron chi connectivity index (χ2n) is 5.73. The maximum absolute atomic E-state index is 12.4. The van der Waals surface area contributed by atoms with Gasteiger partial charge >= 0.3 is 5.97 Å². The van der Waals surface area contributed by atoms with Gasteiger partial charge in [0.15, 0.2) is 6.61 Å². The molecule has 0 heterocycles. The summed E-state index contributed by atoms with van der Waals surface area (Å²) in [5.74, 6) is -0.0135. The highest BCUT2D eigenvalue weighted by Crippen LogP contribution is 2.17. The number of carboxylic acid groups (broad SMARTS) is 1. The summed E-state index contributed by atoms with van der Waals surface area (Å²) in [5.41, 5.74) is 0.901. The lowest BCUT2D eigenvalue weighted by Crippen LogP contribution is -2.34. The van der Waals surface area contributed by atoms with E-state index >= 15 is 0 Å². The second-order valence-corrected chi connectivity index (χ2v) is 7.44. The minimum atomic E-state index is -3.63. The molecule has 0 aliphatic rings. The summed E-state index contributed by atoms with van der Waals surface area (Å²) in [5, 5.41) is 8.58. The molecule has 0 aromatic heterocycles. The fourth-order valence-corrected chi connectivity index (χ4v) is 3.59. The molecule has 1 atom stereocenters. The Balaban J connectivity index is 1.96. The predicted molar refractivity (Wildman–Crippen MR) is 96.1 cm³/mol. The van der Waals surface area contributed by atoms with Gasteiger partial charge in [-0.05, 0) is 55.3 Å². The van der Waals surface area contributed by atoms with E-state index in [1.807, 2.05) is 0 Å². The summed E-state index contributed by atoms with van der Waals surface area (Å²) in [6.45, 7) is 1.37. The average molecular weight is 379 g/mol. The molecular formula is C18H21NO6S. The van der Waals surface area contributed by atoms with Gasteiger partial charge in [0.2, 0.25) is 10.0 Å². The van der Waals surface area contributed by atoms with Gasteiger partial charge in [-0.25, -0.2) is 17.9 Å². The third kappa shape index (κ3) is 5.75. The molecule has 7 nitrogen and oxygen atoms in total. The lowest BCUT2D eigenvalue weighted by Gasteiger charge is -2.15. The molecule has 0 fully saturated rings. The van der Waals surface area contributed by atoms with Gasteiger partial charge < -0.3 is 14.6 Å². The van der Waals surface area contributed by atoms with Crippen LogP contribution >= 0.6 is 0 Å². The van der Waals surface area contributed by atoms with E-state index in [2.05, 4.69) is 4.72 Å². The third-order valence-corrected chi connectivity index (χ3v) is 5.16. The monoisotopic (exact) mass is 379 g/mol. The van der Waals surface area contributed by atoms with E-state index in [1.54, 1.807) is 43.3 Å². The van der Waals surface area contributed by atoms with Crippen LogP contribution in [-0.2, 0) is 21.2 Å². The Labute approximate surface area is 152 Å². The summed E-state index contributed by atoms with van der Waals surface area (Å²) in [6, 6.07) is 12.7. The topological polar surface area (TPSA) is 102 Å². The molecule has 0 radical (unpaired) electrons. The van der Waals surface area contributed by atoms with Crippen LogP contribution in [0.15, 0.2) is 53.4 Å². The van der Waals surface area contributed by atoms with Crippen LogP contribution in [0, 0.1) is 0 Å². The molecule has 0 saturated carbocycles. The zero-order valence-electron chi connectivity index (χ0n) is 14.5. The normalized spacial score (nSPS) is 12.4. The van der Waals surface area contributed by atoms with Crippen molar-refractivity contribution >= 4 is 16.0 Å². The first kappa shape index (κ1) is 19.7. The fourth-order valence-electron chi connectivity index (χ4n) is 2.35. The number of hydrogen-bond donors (Lipinski definition) is 2. The number of nitrogens with one attached hydrogen (secondary N) is 1. The molecule has 26 heavy (non-hydrogen) atoms. The van der Waals surface area contributed by atoms with Crippen LogP contribution in [0.25, 0.3) is 0 Å². The van der Waals surface area contributed by atoms with Gasteiger partial charge in [-0.2, -0.15) is 0 Å².